The predicted octanol–water partition coefficient (Wildman–Crippen LogP) is -0.840. The monoisotopic (exact) mass is 293 g/mol. The van der Waals surface area contributed by atoms with Gasteiger partial charge in [-0.15, -0.1) is 4.43 Å². The van der Waals surface area contributed by atoms with Crippen LogP contribution in [0.1, 0.15) is 5.56 Å². The predicted molar refractivity (Wildman–Crippen MR) is 65.0 cm³/mol. The lowest BCUT2D eigenvalue weighted by Gasteiger charge is -2.20. The standard InChI is InChI=1S/C7H4F3.C4H11NO3.Al/c8-7(9,10)6-4-2-1-3-5-6;5-4(1-6,2-7)3-8;/h1-4H;6-8H,1-3,5H2;. The van der Waals surface area contributed by atoms with Gasteiger partial charge >= 0.3 is 6.18 Å². The van der Waals surface area contributed by atoms with Crippen molar-refractivity contribution in [1.82, 2.24) is 0 Å². The van der Waals surface area contributed by atoms with Gasteiger partial charge in [-0.2, -0.15) is 13.2 Å². The number of hydrogen-bond acceptors (Lipinski definition) is 4. The van der Waals surface area contributed by atoms with Crippen LogP contribution in [0.2, 0.25) is 0 Å². The minimum absolute atomic E-state index is 0.181. The zero-order chi connectivity index (χ0) is 15.1. The lowest BCUT2D eigenvalue weighted by molar-refractivity contribution is -0.136. The first-order chi connectivity index (χ1) is 8.70. The third kappa shape index (κ3) is 6.38. The van der Waals surface area contributed by atoms with E-state index in [0.29, 0.717) is 0 Å². The molecule has 0 aliphatic heterocycles. The highest BCUT2D eigenvalue weighted by atomic mass is 27.0. The molecule has 0 spiro atoms. The summed E-state index contributed by atoms with van der Waals surface area (Å²) in [7, 11) is 0. The molecule has 0 aliphatic carbocycles. The Labute approximate surface area is 117 Å². The summed E-state index contributed by atoms with van der Waals surface area (Å²) >= 11 is 2.05. The molecule has 0 heterocycles. The highest BCUT2D eigenvalue weighted by molar-refractivity contribution is 6.33. The van der Waals surface area contributed by atoms with Crippen LogP contribution >= 0.6 is 0 Å². The molecule has 8 heteroatoms. The summed E-state index contributed by atoms with van der Waals surface area (Å²) in [6.07, 6.45) is -4.24. The molecule has 0 bridgehead atoms. The first kappa shape index (κ1) is 18.4. The molecule has 106 valence electrons. The van der Waals surface area contributed by atoms with E-state index in [-0.39, 0.29) is 4.43 Å². The summed E-state index contributed by atoms with van der Waals surface area (Å²) in [5, 5.41) is 25.0. The zero-order valence-corrected chi connectivity index (χ0v) is 11.2. The lowest BCUT2D eigenvalue weighted by Crippen LogP contribution is -2.50. The molecule has 0 saturated carbocycles. The maximum atomic E-state index is 12.0. The number of alkyl halides is 3. The smallest absolute Gasteiger partial charge is 0.394 e. The molecule has 0 aromatic heterocycles. The van der Waals surface area contributed by atoms with E-state index in [1.54, 1.807) is 6.07 Å². The second-order valence-electron chi connectivity index (χ2n) is 3.92. The average Bonchev–Trinajstić information content (AvgIpc) is 2.38. The van der Waals surface area contributed by atoms with Gasteiger partial charge in [0.05, 0.1) is 25.4 Å². The minimum Gasteiger partial charge on any atom is -0.394 e. The van der Waals surface area contributed by atoms with E-state index >= 15 is 0 Å². The molecule has 0 saturated heterocycles. The van der Waals surface area contributed by atoms with Crippen LogP contribution in [-0.2, 0) is 6.18 Å². The average molecular weight is 293 g/mol. The van der Waals surface area contributed by atoms with E-state index in [1.165, 1.54) is 12.1 Å². The molecular weight excluding hydrogens is 278 g/mol. The summed E-state index contributed by atoms with van der Waals surface area (Å²) in [6.45, 7) is -1.21. The van der Waals surface area contributed by atoms with Crippen molar-refractivity contribution in [3.63, 3.8) is 0 Å². The SMILES string of the molecule is FC(F)(F)c1cccc[c]1[Al].NC(CO)(CO)CO. The number of aliphatic hydroxyl groups excluding tert-OH is 3. The van der Waals surface area contributed by atoms with Crippen LogP contribution in [-0.4, -0.2) is 57.0 Å². The molecule has 1 aromatic carbocycles. The summed E-state index contributed by atoms with van der Waals surface area (Å²) in [4.78, 5) is 0. The maximum absolute atomic E-state index is 12.0. The number of nitrogens with two attached hydrogens (primary N) is 1. The van der Waals surface area contributed by atoms with Crippen molar-refractivity contribution in [2.45, 2.75) is 11.7 Å². The van der Waals surface area contributed by atoms with Gasteiger partial charge in [-0.3, -0.25) is 0 Å². The fraction of sp³-hybridized carbons (Fsp3) is 0.455. The van der Waals surface area contributed by atoms with Gasteiger partial charge in [-0.1, -0.05) is 24.3 Å². The molecule has 1 aromatic rings. The van der Waals surface area contributed by atoms with Gasteiger partial charge in [-0.05, 0) is 0 Å². The Balaban J connectivity index is 0.000000362. The molecule has 19 heavy (non-hydrogen) atoms. The molecule has 0 amide bonds. The van der Waals surface area contributed by atoms with Gasteiger partial charge in [0.25, 0.3) is 0 Å². The molecule has 0 fully saturated rings. The van der Waals surface area contributed by atoms with Gasteiger partial charge in [0.1, 0.15) is 0 Å². The quantitative estimate of drug-likeness (QED) is 0.547. The zero-order valence-electron chi connectivity index (χ0n) is 10.1. The number of aliphatic hydroxyl groups is 3. The van der Waals surface area contributed by atoms with Crippen LogP contribution in [0.3, 0.4) is 0 Å². The van der Waals surface area contributed by atoms with Crippen molar-refractivity contribution in [3.8, 4) is 0 Å². The number of hydrogen-bond donors (Lipinski definition) is 4. The van der Waals surface area contributed by atoms with E-state index in [4.69, 9.17) is 21.1 Å². The number of benzene rings is 1. The molecule has 0 atom stereocenters. The number of halogens is 3. The topological polar surface area (TPSA) is 86.7 Å². The van der Waals surface area contributed by atoms with Crippen LogP contribution in [0.25, 0.3) is 0 Å². The Kier molecular flexibility index (Phi) is 7.59. The third-order valence-corrected chi connectivity index (χ3v) is 2.71. The van der Waals surface area contributed by atoms with Crippen LogP contribution in [0.5, 0.6) is 0 Å². The normalized spacial score (nSPS) is 11.7. The molecule has 0 unspecified atom stereocenters. The Morgan fingerprint density at radius 1 is 1.00 bits per heavy atom. The van der Waals surface area contributed by atoms with Crippen molar-refractivity contribution >= 4 is 20.7 Å². The second-order valence-corrected chi connectivity index (χ2v) is 4.54. The minimum atomic E-state index is -4.24. The third-order valence-electron chi connectivity index (χ3n) is 2.21. The highest BCUT2D eigenvalue weighted by Crippen LogP contribution is 2.26. The van der Waals surface area contributed by atoms with Crippen molar-refractivity contribution in [2.24, 2.45) is 5.73 Å². The fourth-order valence-electron chi connectivity index (χ4n) is 0.905. The Morgan fingerprint density at radius 2 is 1.42 bits per heavy atom. The largest absolute Gasteiger partial charge is 0.415 e. The van der Waals surface area contributed by atoms with Gasteiger partial charge in [0, 0.05) is 5.56 Å². The van der Waals surface area contributed by atoms with Crippen molar-refractivity contribution < 1.29 is 28.5 Å². The Morgan fingerprint density at radius 3 is 1.63 bits per heavy atom. The van der Waals surface area contributed by atoms with E-state index in [0.717, 1.165) is 6.07 Å². The summed E-state index contributed by atoms with van der Waals surface area (Å²) in [6, 6.07) is 5.41. The molecule has 2 radical (unpaired) electrons. The summed E-state index contributed by atoms with van der Waals surface area (Å²) in [5.41, 5.74) is 3.34. The highest BCUT2D eigenvalue weighted by Gasteiger charge is 2.30. The fourth-order valence-corrected chi connectivity index (χ4v) is 1.28. The molecule has 5 N–H and O–H groups in total. The van der Waals surface area contributed by atoms with Gasteiger partial charge in [0.2, 0.25) is 0 Å². The van der Waals surface area contributed by atoms with Crippen molar-refractivity contribution in [3.05, 3.63) is 29.8 Å². The summed E-state index contributed by atoms with van der Waals surface area (Å²) < 4.78 is 36.3. The first-order valence-electron chi connectivity index (χ1n) is 5.23. The lowest BCUT2D eigenvalue weighted by atomic mass is 10.1. The maximum Gasteiger partial charge on any atom is 0.415 e. The van der Waals surface area contributed by atoms with Crippen LogP contribution < -0.4 is 10.2 Å². The van der Waals surface area contributed by atoms with E-state index < -0.39 is 37.1 Å². The molecule has 1 rings (SSSR count). The molecular formula is C11H15AlF3NO3. The molecule has 0 aliphatic rings. The van der Waals surface area contributed by atoms with E-state index in [9.17, 15) is 13.2 Å². The number of rotatable bonds is 3. The van der Waals surface area contributed by atoms with Crippen LogP contribution in [0, 0.1) is 0 Å². The van der Waals surface area contributed by atoms with Crippen LogP contribution in [0.15, 0.2) is 24.3 Å². The van der Waals surface area contributed by atoms with Gasteiger partial charge < -0.3 is 21.1 Å². The first-order valence-corrected chi connectivity index (χ1v) is 5.81. The second kappa shape index (κ2) is 7.85. The van der Waals surface area contributed by atoms with E-state index in [1.807, 2.05) is 0 Å². The van der Waals surface area contributed by atoms with E-state index in [2.05, 4.69) is 16.3 Å². The Hall–Kier alpha value is -0.618. The van der Waals surface area contributed by atoms with Gasteiger partial charge in [0.15, 0.2) is 16.3 Å². The van der Waals surface area contributed by atoms with Crippen molar-refractivity contribution in [1.29, 1.82) is 0 Å². The molecule has 4 nitrogen and oxygen atoms in total. The van der Waals surface area contributed by atoms with Crippen LogP contribution in [0.4, 0.5) is 13.2 Å². The van der Waals surface area contributed by atoms with Gasteiger partial charge in [-0.25, -0.2) is 0 Å². The Bertz CT molecular complexity index is 375. The summed E-state index contributed by atoms with van der Waals surface area (Å²) in [5.74, 6) is 0. The van der Waals surface area contributed by atoms with Crippen molar-refractivity contribution in [2.75, 3.05) is 19.8 Å².